The molecule has 1 saturated heterocycles. The van der Waals surface area contributed by atoms with Gasteiger partial charge in [0.05, 0.1) is 11.3 Å². The van der Waals surface area contributed by atoms with Crippen LogP contribution in [0.4, 0.5) is 11.4 Å². The zero-order valence-electron chi connectivity index (χ0n) is 11.1. The van der Waals surface area contributed by atoms with Gasteiger partial charge in [0.2, 0.25) is 0 Å². The van der Waals surface area contributed by atoms with Crippen LogP contribution < -0.4 is 11.1 Å². The van der Waals surface area contributed by atoms with E-state index >= 15 is 0 Å². The van der Waals surface area contributed by atoms with Crippen LogP contribution in [-0.2, 0) is 0 Å². The molecular formula is C14H21N3O2. The minimum atomic E-state index is -0.929. The Morgan fingerprint density at radius 3 is 2.79 bits per heavy atom. The number of carbonyl (C=O) groups is 1. The highest BCUT2D eigenvalue weighted by Crippen LogP contribution is 2.19. The zero-order chi connectivity index (χ0) is 13.7. The van der Waals surface area contributed by atoms with E-state index in [9.17, 15) is 4.79 Å². The summed E-state index contributed by atoms with van der Waals surface area (Å²) in [5.41, 5.74) is 7.15. The van der Waals surface area contributed by atoms with Gasteiger partial charge in [0.1, 0.15) is 0 Å². The molecule has 0 spiro atoms. The normalized spacial score (nSPS) is 15.6. The van der Waals surface area contributed by atoms with Crippen LogP contribution in [0.3, 0.4) is 0 Å². The molecule has 0 bridgehead atoms. The van der Waals surface area contributed by atoms with Gasteiger partial charge in [0, 0.05) is 12.2 Å². The third kappa shape index (κ3) is 3.86. The van der Waals surface area contributed by atoms with E-state index in [0.717, 1.165) is 19.5 Å². The predicted molar refractivity (Wildman–Crippen MR) is 76.6 cm³/mol. The summed E-state index contributed by atoms with van der Waals surface area (Å²) in [5.74, 6) is -0.929. The largest absolute Gasteiger partial charge is 0.478 e. The quantitative estimate of drug-likeness (QED) is 0.539. The van der Waals surface area contributed by atoms with Gasteiger partial charge in [-0.15, -0.1) is 0 Å². The zero-order valence-corrected chi connectivity index (χ0v) is 11.1. The molecule has 0 aromatic heterocycles. The Balaban J connectivity index is 1.84. The molecule has 0 atom stereocenters. The topological polar surface area (TPSA) is 78.6 Å². The summed E-state index contributed by atoms with van der Waals surface area (Å²) in [5, 5.41) is 12.3. The summed E-state index contributed by atoms with van der Waals surface area (Å²) in [6, 6.07) is 4.83. The maximum absolute atomic E-state index is 11.1. The maximum Gasteiger partial charge on any atom is 0.337 e. The monoisotopic (exact) mass is 263 g/mol. The fourth-order valence-electron chi connectivity index (χ4n) is 2.43. The molecule has 5 heteroatoms. The molecule has 1 fully saturated rings. The number of aromatic carboxylic acids is 1. The minimum absolute atomic E-state index is 0.273. The first-order valence-electron chi connectivity index (χ1n) is 6.76. The average Bonchev–Trinajstić information content (AvgIpc) is 2.87. The van der Waals surface area contributed by atoms with Gasteiger partial charge in [0.25, 0.3) is 0 Å². The number of likely N-dealkylation sites (tertiary alicyclic amines) is 1. The lowest BCUT2D eigenvalue weighted by Gasteiger charge is -2.15. The number of nitrogen functional groups attached to an aromatic ring is 1. The van der Waals surface area contributed by atoms with Crippen LogP contribution in [0.5, 0.6) is 0 Å². The Morgan fingerprint density at radius 2 is 2.11 bits per heavy atom. The summed E-state index contributed by atoms with van der Waals surface area (Å²) >= 11 is 0. The lowest BCUT2D eigenvalue weighted by molar-refractivity contribution is 0.0698. The van der Waals surface area contributed by atoms with Crippen LogP contribution in [0.1, 0.15) is 29.6 Å². The molecule has 0 saturated carbocycles. The number of anilines is 2. The van der Waals surface area contributed by atoms with Crippen LogP contribution in [0.25, 0.3) is 0 Å². The van der Waals surface area contributed by atoms with Gasteiger partial charge in [-0.2, -0.15) is 0 Å². The molecule has 0 aliphatic carbocycles. The Morgan fingerprint density at radius 1 is 1.37 bits per heavy atom. The molecule has 5 nitrogen and oxygen atoms in total. The van der Waals surface area contributed by atoms with Gasteiger partial charge in [-0.3, -0.25) is 0 Å². The molecule has 1 aromatic carbocycles. The molecule has 0 radical (unpaired) electrons. The molecule has 0 unspecified atom stereocenters. The lowest BCUT2D eigenvalue weighted by atomic mass is 10.1. The van der Waals surface area contributed by atoms with Gasteiger partial charge in [0.15, 0.2) is 0 Å². The highest BCUT2D eigenvalue weighted by Gasteiger charge is 2.12. The van der Waals surface area contributed by atoms with Gasteiger partial charge >= 0.3 is 5.97 Å². The Hall–Kier alpha value is -1.75. The molecule has 0 amide bonds. The standard InChI is InChI=1S/C14H21N3O2/c15-11-4-5-12(14(18)19)13(10-11)16-6-3-9-17-7-1-2-8-17/h4-5,10,16H,1-3,6-9,15H2,(H,18,19). The average molecular weight is 263 g/mol. The fourth-order valence-corrected chi connectivity index (χ4v) is 2.43. The van der Waals surface area contributed by atoms with E-state index in [2.05, 4.69) is 10.2 Å². The Bertz CT molecular complexity index is 442. The summed E-state index contributed by atoms with van der Waals surface area (Å²) in [6.07, 6.45) is 3.60. The van der Waals surface area contributed by atoms with Crippen LogP contribution in [0.15, 0.2) is 18.2 Å². The Kier molecular flexibility index (Phi) is 4.63. The molecule has 1 aromatic rings. The smallest absolute Gasteiger partial charge is 0.337 e. The van der Waals surface area contributed by atoms with E-state index in [4.69, 9.17) is 10.8 Å². The van der Waals surface area contributed by atoms with Crippen LogP contribution in [0.2, 0.25) is 0 Å². The number of nitrogens with zero attached hydrogens (tertiary/aromatic N) is 1. The molecular weight excluding hydrogens is 242 g/mol. The van der Waals surface area contributed by atoms with E-state index in [1.54, 1.807) is 18.2 Å². The second kappa shape index (κ2) is 6.43. The van der Waals surface area contributed by atoms with E-state index in [-0.39, 0.29) is 5.56 Å². The van der Waals surface area contributed by atoms with Crippen molar-refractivity contribution in [2.24, 2.45) is 0 Å². The van der Waals surface area contributed by atoms with E-state index in [0.29, 0.717) is 11.4 Å². The first-order chi connectivity index (χ1) is 9.16. The van der Waals surface area contributed by atoms with Gasteiger partial charge < -0.3 is 21.1 Å². The summed E-state index contributed by atoms with van der Waals surface area (Å²) in [4.78, 5) is 13.5. The highest BCUT2D eigenvalue weighted by atomic mass is 16.4. The van der Waals surface area contributed by atoms with E-state index in [1.807, 2.05) is 0 Å². The third-order valence-electron chi connectivity index (χ3n) is 3.44. The summed E-state index contributed by atoms with van der Waals surface area (Å²) < 4.78 is 0. The first kappa shape index (κ1) is 13.7. The van der Waals surface area contributed by atoms with Crippen LogP contribution >= 0.6 is 0 Å². The van der Waals surface area contributed by atoms with Crippen molar-refractivity contribution >= 4 is 17.3 Å². The molecule has 19 heavy (non-hydrogen) atoms. The number of benzene rings is 1. The first-order valence-corrected chi connectivity index (χ1v) is 6.76. The van der Waals surface area contributed by atoms with Gasteiger partial charge in [-0.1, -0.05) is 0 Å². The SMILES string of the molecule is Nc1ccc(C(=O)O)c(NCCCN2CCCC2)c1. The van der Waals surface area contributed by atoms with E-state index < -0.39 is 5.97 Å². The maximum atomic E-state index is 11.1. The fraction of sp³-hybridized carbons (Fsp3) is 0.500. The Labute approximate surface area is 113 Å². The molecule has 1 aliphatic heterocycles. The number of nitrogens with two attached hydrogens (primary N) is 1. The number of hydrogen-bond acceptors (Lipinski definition) is 4. The lowest BCUT2D eigenvalue weighted by Crippen LogP contribution is -2.22. The van der Waals surface area contributed by atoms with Gasteiger partial charge in [-0.25, -0.2) is 4.79 Å². The highest BCUT2D eigenvalue weighted by molar-refractivity contribution is 5.95. The van der Waals surface area contributed by atoms with Crippen molar-refractivity contribution < 1.29 is 9.90 Å². The van der Waals surface area contributed by atoms with Crippen molar-refractivity contribution in [2.75, 3.05) is 37.2 Å². The second-order valence-corrected chi connectivity index (χ2v) is 4.94. The van der Waals surface area contributed by atoms with Crippen molar-refractivity contribution in [1.29, 1.82) is 0 Å². The summed E-state index contributed by atoms with van der Waals surface area (Å²) in [7, 11) is 0. The van der Waals surface area contributed by atoms with Crippen molar-refractivity contribution in [1.82, 2.24) is 4.90 Å². The minimum Gasteiger partial charge on any atom is -0.478 e. The van der Waals surface area contributed by atoms with Gasteiger partial charge in [-0.05, 0) is 57.1 Å². The summed E-state index contributed by atoms with van der Waals surface area (Å²) in [6.45, 7) is 4.22. The van der Waals surface area contributed by atoms with E-state index in [1.165, 1.54) is 25.9 Å². The predicted octanol–water partition coefficient (Wildman–Crippen LogP) is 1.86. The van der Waals surface area contributed by atoms with Crippen molar-refractivity contribution in [3.8, 4) is 0 Å². The van der Waals surface area contributed by atoms with Crippen molar-refractivity contribution in [3.63, 3.8) is 0 Å². The molecule has 104 valence electrons. The number of rotatable bonds is 6. The van der Waals surface area contributed by atoms with Crippen molar-refractivity contribution in [3.05, 3.63) is 23.8 Å². The molecule has 4 N–H and O–H groups in total. The molecule has 1 aliphatic rings. The third-order valence-corrected chi connectivity index (χ3v) is 3.44. The van der Waals surface area contributed by atoms with Crippen LogP contribution in [0, 0.1) is 0 Å². The van der Waals surface area contributed by atoms with Crippen LogP contribution in [-0.4, -0.2) is 42.2 Å². The number of carboxylic acid groups (broad SMARTS) is 1. The molecule has 1 heterocycles. The number of nitrogens with one attached hydrogen (secondary N) is 1. The van der Waals surface area contributed by atoms with Crippen molar-refractivity contribution in [2.45, 2.75) is 19.3 Å². The molecule has 2 rings (SSSR count). The second-order valence-electron chi connectivity index (χ2n) is 4.94. The number of carboxylic acids is 1. The number of hydrogen-bond donors (Lipinski definition) is 3.